The van der Waals surface area contributed by atoms with Crippen LogP contribution in [0, 0.1) is 0 Å². The Hall–Kier alpha value is -2.09. The number of hydrogen-bond acceptors (Lipinski definition) is 4. The summed E-state index contributed by atoms with van der Waals surface area (Å²) in [4.78, 5) is 15.2. The third-order valence-electron chi connectivity index (χ3n) is 5.24. The van der Waals surface area contributed by atoms with Crippen molar-refractivity contribution in [2.45, 2.75) is 32.1 Å². The normalized spacial score (nSPS) is 13.6. The van der Waals surface area contributed by atoms with E-state index in [0.29, 0.717) is 18.8 Å². The van der Waals surface area contributed by atoms with Crippen molar-refractivity contribution in [3.8, 4) is 0 Å². The number of halogens is 1. The minimum absolute atomic E-state index is 0.0573. The standard InChI is InChI=1S/C21H26ClN3O3S/c1-4-24-12-11-15-7-8-16(13-20(15)24)23-21(26)18-14-17(9-10-19(18)22)29(27,28)25(5-2)6-3/h7-10,13-14H,4-6,11-12H2,1-3H3,(H,23,26). The van der Waals surface area contributed by atoms with Crippen molar-refractivity contribution in [3.05, 3.63) is 52.5 Å². The molecule has 0 aliphatic carbocycles. The van der Waals surface area contributed by atoms with Crippen LogP contribution in [0.15, 0.2) is 41.3 Å². The molecule has 0 atom stereocenters. The molecule has 1 aliphatic heterocycles. The molecule has 1 N–H and O–H groups in total. The average Bonchev–Trinajstić information content (AvgIpc) is 3.11. The summed E-state index contributed by atoms with van der Waals surface area (Å²) in [7, 11) is -3.68. The summed E-state index contributed by atoms with van der Waals surface area (Å²) in [5.41, 5.74) is 3.17. The highest BCUT2D eigenvalue weighted by molar-refractivity contribution is 7.89. The predicted molar refractivity (Wildman–Crippen MR) is 118 cm³/mol. The first-order valence-electron chi connectivity index (χ1n) is 9.80. The molecule has 0 bridgehead atoms. The van der Waals surface area contributed by atoms with Crippen LogP contribution in [0.5, 0.6) is 0 Å². The summed E-state index contributed by atoms with van der Waals surface area (Å²) in [5.74, 6) is -0.437. The summed E-state index contributed by atoms with van der Waals surface area (Å²) in [6.45, 7) is 8.23. The van der Waals surface area contributed by atoms with Crippen LogP contribution in [-0.2, 0) is 16.4 Å². The van der Waals surface area contributed by atoms with Crippen molar-refractivity contribution >= 4 is 38.9 Å². The van der Waals surface area contributed by atoms with Gasteiger partial charge in [-0.05, 0) is 49.2 Å². The smallest absolute Gasteiger partial charge is 0.257 e. The Morgan fingerprint density at radius 3 is 2.52 bits per heavy atom. The SMILES string of the molecule is CCN1CCc2ccc(NC(=O)c3cc(S(=O)(=O)N(CC)CC)ccc3Cl)cc21. The van der Waals surface area contributed by atoms with E-state index in [0.717, 1.165) is 25.2 Å². The fraction of sp³-hybridized carbons (Fsp3) is 0.381. The van der Waals surface area contributed by atoms with Crippen LogP contribution >= 0.6 is 11.6 Å². The van der Waals surface area contributed by atoms with Gasteiger partial charge in [-0.25, -0.2) is 8.42 Å². The zero-order valence-corrected chi connectivity index (χ0v) is 18.5. The highest BCUT2D eigenvalue weighted by atomic mass is 35.5. The summed E-state index contributed by atoms with van der Waals surface area (Å²) in [6, 6.07) is 10.1. The zero-order chi connectivity index (χ0) is 21.2. The Bertz CT molecular complexity index is 1020. The molecule has 6 nitrogen and oxygen atoms in total. The lowest BCUT2D eigenvalue weighted by molar-refractivity contribution is 0.102. The largest absolute Gasteiger partial charge is 0.371 e. The van der Waals surface area contributed by atoms with Crippen molar-refractivity contribution in [2.24, 2.45) is 0 Å². The minimum Gasteiger partial charge on any atom is -0.371 e. The van der Waals surface area contributed by atoms with Crippen molar-refractivity contribution in [1.29, 1.82) is 0 Å². The molecular formula is C21H26ClN3O3S. The molecule has 0 saturated heterocycles. The molecule has 0 aromatic heterocycles. The number of sulfonamides is 1. The van der Waals surface area contributed by atoms with Gasteiger partial charge >= 0.3 is 0 Å². The molecule has 2 aromatic rings. The zero-order valence-electron chi connectivity index (χ0n) is 16.9. The fourth-order valence-corrected chi connectivity index (χ4v) is 5.29. The van der Waals surface area contributed by atoms with Gasteiger partial charge in [0, 0.05) is 37.6 Å². The van der Waals surface area contributed by atoms with E-state index in [1.54, 1.807) is 13.8 Å². The number of rotatable bonds is 7. The molecule has 156 valence electrons. The van der Waals surface area contributed by atoms with E-state index in [1.165, 1.54) is 28.1 Å². The number of anilines is 2. The highest BCUT2D eigenvalue weighted by Gasteiger charge is 2.24. The lowest BCUT2D eigenvalue weighted by Crippen LogP contribution is -2.30. The van der Waals surface area contributed by atoms with E-state index >= 15 is 0 Å². The van der Waals surface area contributed by atoms with Crippen LogP contribution in [0.25, 0.3) is 0 Å². The molecule has 8 heteroatoms. The Labute approximate surface area is 177 Å². The number of hydrogen-bond donors (Lipinski definition) is 1. The molecule has 0 unspecified atom stereocenters. The van der Waals surface area contributed by atoms with E-state index in [2.05, 4.69) is 17.1 Å². The second-order valence-electron chi connectivity index (χ2n) is 6.86. The summed E-state index contributed by atoms with van der Waals surface area (Å²) >= 11 is 6.22. The van der Waals surface area contributed by atoms with Gasteiger partial charge in [-0.1, -0.05) is 31.5 Å². The number of likely N-dealkylation sites (N-methyl/N-ethyl adjacent to an activating group) is 1. The van der Waals surface area contributed by atoms with Gasteiger partial charge in [-0.15, -0.1) is 0 Å². The summed E-state index contributed by atoms with van der Waals surface area (Å²) < 4.78 is 26.9. The molecule has 1 heterocycles. The highest BCUT2D eigenvalue weighted by Crippen LogP contribution is 2.31. The van der Waals surface area contributed by atoms with Crippen molar-refractivity contribution in [2.75, 3.05) is 36.4 Å². The average molecular weight is 436 g/mol. The van der Waals surface area contributed by atoms with E-state index < -0.39 is 15.9 Å². The number of carbonyl (C=O) groups is 1. The van der Waals surface area contributed by atoms with Crippen molar-refractivity contribution < 1.29 is 13.2 Å². The molecule has 1 aliphatic rings. The van der Waals surface area contributed by atoms with Gasteiger partial charge in [0.25, 0.3) is 5.91 Å². The van der Waals surface area contributed by atoms with Gasteiger partial charge in [0.05, 0.1) is 15.5 Å². The Kier molecular flexibility index (Phi) is 6.51. The number of fused-ring (bicyclic) bond motifs is 1. The first-order chi connectivity index (χ1) is 13.8. The molecule has 0 fully saturated rings. The maximum absolute atomic E-state index is 12.9. The van der Waals surface area contributed by atoms with E-state index in [1.807, 2.05) is 18.2 Å². The first-order valence-corrected chi connectivity index (χ1v) is 11.6. The minimum atomic E-state index is -3.68. The van der Waals surface area contributed by atoms with Crippen LogP contribution < -0.4 is 10.2 Å². The second-order valence-corrected chi connectivity index (χ2v) is 9.20. The fourth-order valence-electron chi connectivity index (χ4n) is 3.60. The Morgan fingerprint density at radius 2 is 1.86 bits per heavy atom. The Morgan fingerprint density at radius 1 is 1.14 bits per heavy atom. The number of benzene rings is 2. The first kappa shape index (κ1) is 21.6. The van der Waals surface area contributed by atoms with Crippen molar-refractivity contribution in [3.63, 3.8) is 0 Å². The third-order valence-corrected chi connectivity index (χ3v) is 7.62. The van der Waals surface area contributed by atoms with Crippen LogP contribution in [0.3, 0.4) is 0 Å². The van der Waals surface area contributed by atoms with Gasteiger partial charge in [-0.2, -0.15) is 4.31 Å². The van der Waals surface area contributed by atoms with E-state index in [9.17, 15) is 13.2 Å². The van der Waals surface area contributed by atoms with Crippen LogP contribution in [0.1, 0.15) is 36.7 Å². The summed E-state index contributed by atoms with van der Waals surface area (Å²) in [6.07, 6.45) is 0.995. The lowest BCUT2D eigenvalue weighted by Gasteiger charge is -2.19. The van der Waals surface area contributed by atoms with E-state index in [-0.39, 0.29) is 15.5 Å². The van der Waals surface area contributed by atoms with E-state index in [4.69, 9.17) is 11.6 Å². The Balaban J connectivity index is 1.89. The molecule has 0 radical (unpaired) electrons. The van der Waals surface area contributed by atoms with Crippen molar-refractivity contribution in [1.82, 2.24) is 4.31 Å². The topological polar surface area (TPSA) is 69.7 Å². The van der Waals surface area contributed by atoms with Gasteiger partial charge in [0.15, 0.2) is 0 Å². The number of nitrogens with one attached hydrogen (secondary N) is 1. The van der Waals surface area contributed by atoms with Gasteiger partial charge in [0.2, 0.25) is 10.0 Å². The maximum Gasteiger partial charge on any atom is 0.257 e. The predicted octanol–water partition coefficient (Wildman–Crippen LogP) is 4.01. The van der Waals surface area contributed by atoms with Crippen LogP contribution in [0.4, 0.5) is 11.4 Å². The second kappa shape index (κ2) is 8.73. The monoisotopic (exact) mass is 435 g/mol. The van der Waals surface area contributed by atoms with Crippen LogP contribution in [0.2, 0.25) is 5.02 Å². The molecule has 0 saturated carbocycles. The number of carbonyl (C=O) groups excluding carboxylic acids is 1. The molecular weight excluding hydrogens is 410 g/mol. The van der Waals surface area contributed by atoms with Gasteiger partial charge < -0.3 is 10.2 Å². The molecule has 2 aromatic carbocycles. The molecule has 3 rings (SSSR count). The van der Waals surface area contributed by atoms with Gasteiger partial charge in [-0.3, -0.25) is 4.79 Å². The maximum atomic E-state index is 12.9. The molecule has 29 heavy (non-hydrogen) atoms. The molecule has 0 spiro atoms. The van der Waals surface area contributed by atoms with Crippen LogP contribution in [-0.4, -0.2) is 44.8 Å². The molecule has 1 amide bonds. The lowest BCUT2D eigenvalue weighted by atomic mass is 10.1. The summed E-state index contributed by atoms with van der Waals surface area (Å²) in [5, 5.41) is 3.06. The number of amides is 1. The quantitative estimate of drug-likeness (QED) is 0.713. The number of nitrogens with zero attached hydrogens (tertiary/aromatic N) is 2. The third kappa shape index (κ3) is 4.27. The van der Waals surface area contributed by atoms with Gasteiger partial charge in [0.1, 0.15) is 0 Å².